The van der Waals surface area contributed by atoms with Crippen molar-refractivity contribution in [1.82, 2.24) is 0 Å². The molecule has 0 saturated carbocycles. The lowest BCUT2D eigenvalue weighted by atomic mass is 9.95. The maximum atomic E-state index is 12.1. The fourth-order valence-corrected chi connectivity index (χ4v) is 2.52. The smallest absolute Gasteiger partial charge is 0.229 e. The lowest BCUT2D eigenvalue weighted by Gasteiger charge is -2.19. The molecule has 1 rings (SSSR count). The van der Waals surface area contributed by atoms with Crippen LogP contribution in [0.3, 0.4) is 0 Å². The number of thioether (sulfide) groups is 1. The van der Waals surface area contributed by atoms with Crippen LogP contribution in [0.5, 0.6) is 0 Å². The third-order valence-corrected chi connectivity index (χ3v) is 3.80. The zero-order chi connectivity index (χ0) is 13.5. The van der Waals surface area contributed by atoms with Gasteiger partial charge in [-0.05, 0) is 23.8 Å². The lowest BCUT2D eigenvalue weighted by molar-refractivity contribution is -0.120. The van der Waals surface area contributed by atoms with Crippen LogP contribution in [-0.2, 0) is 4.79 Å². The van der Waals surface area contributed by atoms with Crippen LogP contribution in [0.4, 0.5) is 5.69 Å². The van der Waals surface area contributed by atoms with E-state index >= 15 is 0 Å². The minimum atomic E-state index is -0.135. The zero-order valence-corrected chi connectivity index (χ0v) is 12.1. The number of benzene rings is 1. The zero-order valence-electron chi connectivity index (χ0n) is 11.3. The molecule has 0 bridgehead atoms. The van der Waals surface area contributed by atoms with Gasteiger partial charge in [-0.3, -0.25) is 4.79 Å². The van der Waals surface area contributed by atoms with Crippen LogP contribution in [0.25, 0.3) is 0 Å². The van der Waals surface area contributed by atoms with Crippen molar-refractivity contribution in [3.8, 4) is 0 Å². The van der Waals surface area contributed by atoms with E-state index in [1.807, 2.05) is 38.1 Å². The van der Waals surface area contributed by atoms with Gasteiger partial charge in [0.05, 0.1) is 11.6 Å². The Hall–Kier alpha value is -1.00. The van der Waals surface area contributed by atoms with E-state index in [-0.39, 0.29) is 17.7 Å². The van der Waals surface area contributed by atoms with E-state index in [1.54, 1.807) is 11.8 Å². The number of hydrogen-bond acceptors (Lipinski definition) is 3. The summed E-state index contributed by atoms with van der Waals surface area (Å²) < 4.78 is 0. The van der Waals surface area contributed by atoms with Gasteiger partial charge >= 0.3 is 0 Å². The first-order chi connectivity index (χ1) is 8.60. The number of hydrogen-bond donors (Lipinski definition) is 2. The third-order valence-electron chi connectivity index (χ3n) is 2.84. The molecule has 3 N–H and O–H groups in total. The molecule has 0 aliphatic rings. The largest absolute Gasteiger partial charge is 0.330 e. The van der Waals surface area contributed by atoms with Crippen LogP contribution in [0.2, 0.25) is 0 Å². The maximum absolute atomic E-state index is 12.1. The van der Waals surface area contributed by atoms with Gasteiger partial charge in [-0.25, -0.2) is 0 Å². The van der Waals surface area contributed by atoms with Crippen LogP contribution < -0.4 is 11.1 Å². The number of carbonyl (C=O) groups is 1. The molecule has 0 aromatic heterocycles. The van der Waals surface area contributed by atoms with Crippen molar-refractivity contribution in [3.05, 3.63) is 24.3 Å². The maximum Gasteiger partial charge on any atom is 0.229 e. The average molecular weight is 266 g/mol. The molecule has 1 unspecified atom stereocenters. The standard InChI is InChI=1S/C14H22N2OS/c1-4-18-13-8-6-5-7-12(13)16-14(17)11(9-15)10(2)3/h5-8,10-11H,4,9,15H2,1-3H3,(H,16,17). The fraction of sp³-hybridized carbons (Fsp3) is 0.500. The Kier molecular flexibility index (Phi) is 6.22. The second-order valence-corrected chi connectivity index (χ2v) is 5.81. The second-order valence-electron chi connectivity index (χ2n) is 4.50. The molecule has 0 radical (unpaired) electrons. The van der Waals surface area contributed by atoms with Gasteiger partial charge in [0.2, 0.25) is 5.91 Å². The molecular formula is C14H22N2OS. The molecule has 1 aromatic rings. The molecule has 100 valence electrons. The quantitative estimate of drug-likeness (QED) is 0.778. The van der Waals surface area contributed by atoms with E-state index in [1.165, 1.54) is 0 Å². The van der Waals surface area contributed by atoms with Crippen LogP contribution in [0.15, 0.2) is 29.2 Å². The van der Waals surface area contributed by atoms with Crippen molar-refractivity contribution in [2.45, 2.75) is 25.7 Å². The Morgan fingerprint density at radius 3 is 2.61 bits per heavy atom. The molecule has 3 nitrogen and oxygen atoms in total. The molecule has 1 atom stereocenters. The van der Waals surface area contributed by atoms with Crippen LogP contribution >= 0.6 is 11.8 Å². The third kappa shape index (κ3) is 4.03. The summed E-state index contributed by atoms with van der Waals surface area (Å²) in [6.07, 6.45) is 0. The number of amides is 1. The van der Waals surface area contributed by atoms with Gasteiger partial charge < -0.3 is 11.1 Å². The number of nitrogens with two attached hydrogens (primary N) is 1. The molecule has 0 aliphatic heterocycles. The highest BCUT2D eigenvalue weighted by molar-refractivity contribution is 7.99. The Balaban J connectivity index is 2.80. The molecule has 1 amide bonds. The summed E-state index contributed by atoms with van der Waals surface area (Å²) in [5, 5.41) is 2.99. The van der Waals surface area contributed by atoms with Gasteiger partial charge in [-0.2, -0.15) is 0 Å². The number of carbonyl (C=O) groups excluding carboxylic acids is 1. The molecule has 0 fully saturated rings. The summed E-state index contributed by atoms with van der Waals surface area (Å²) in [7, 11) is 0. The topological polar surface area (TPSA) is 55.1 Å². The molecule has 0 spiro atoms. The highest BCUT2D eigenvalue weighted by Gasteiger charge is 2.21. The summed E-state index contributed by atoms with van der Waals surface area (Å²) in [6.45, 7) is 6.51. The van der Waals surface area contributed by atoms with E-state index in [9.17, 15) is 4.79 Å². The molecule has 0 saturated heterocycles. The van der Waals surface area contributed by atoms with E-state index in [0.29, 0.717) is 6.54 Å². The minimum Gasteiger partial charge on any atom is -0.330 e. The number of para-hydroxylation sites is 1. The first-order valence-corrected chi connectivity index (χ1v) is 7.31. The summed E-state index contributed by atoms with van der Waals surface area (Å²) >= 11 is 1.73. The Morgan fingerprint density at radius 2 is 2.06 bits per heavy atom. The van der Waals surface area contributed by atoms with Gasteiger partial charge in [0.1, 0.15) is 0 Å². The van der Waals surface area contributed by atoms with Crippen molar-refractivity contribution in [3.63, 3.8) is 0 Å². The van der Waals surface area contributed by atoms with Crippen molar-refractivity contribution in [2.75, 3.05) is 17.6 Å². The summed E-state index contributed by atoms with van der Waals surface area (Å²) in [4.78, 5) is 13.2. The van der Waals surface area contributed by atoms with E-state index < -0.39 is 0 Å². The van der Waals surface area contributed by atoms with Crippen LogP contribution in [0.1, 0.15) is 20.8 Å². The second kappa shape index (κ2) is 7.44. The van der Waals surface area contributed by atoms with Crippen molar-refractivity contribution >= 4 is 23.4 Å². The predicted octanol–water partition coefficient (Wildman–Crippen LogP) is 2.97. The molecule has 0 heterocycles. The highest BCUT2D eigenvalue weighted by Crippen LogP contribution is 2.27. The summed E-state index contributed by atoms with van der Waals surface area (Å²) in [5.41, 5.74) is 6.54. The van der Waals surface area contributed by atoms with Crippen LogP contribution in [0, 0.1) is 11.8 Å². The Bertz CT molecular complexity index is 393. The summed E-state index contributed by atoms with van der Waals surface area (Å²) in [5.74, 6) is 1.11. The normalized spacial score (nSPS) is 12.5. The van der Waals surface area contributed by atoms with Gasteiger partial charge in [0.25, 0.3) is 0 Å². The van der Waals surface area contributed by atoms with Gasteiger partial charge in [0, 0.05) is 11.4 Å². The molecule has 1 aromatic carbocycles. The monoisotopic (exact) mass is 266 g/mol. The lowest BCUT2D eigenvalue weighted by Crippen LogP contribution is -2.33. The molecular weight excluding hydrogens is 244 g/mol. The van der Waals surface area contributed by atoms with Crippen molar-refractivity contribution in [2.24, 2.45) is 17.6 Å². The SMILES string of the molecule is CCSc1ccccc1NC(=O)C(CN)C(C)C. The number of rotatable bonds is 6. The van der Waals surface area contributed by atoms with E-state index in [0.717, 1.165) is 16.3 Å². The van der Waals surface area contributed by atoms with Gasteiger partial charge in [-0.15, -0.1) is 11.8 Å². The predicted molar refractivity (Wildman–Crippen MR) is 78.9 cm³/mol. The van der Waals surface area contributed by atoms with Gasteiger partial charge in [-0.1, -0.05) is 32.9 Å². The first kappa shape index (κ1) is 15.1. The molecule has 0 aliphatic carbocycles. The number of nitrogens with one attached hydrogen (secondary N) is 1. The van der Waals surface area contributed by atoms with Crippen molar-refractivity contribution in [1.29, 1.82) is 0 Å². The minimum absolute atomic E-state index is 0.0108. The fourth-order valence-electron chi connectivity index (χ4n) is 1.76. The highest BCUT2D eigenvalue weighted by atomic mass is 32.2. The summed E-state index contributed by atoms with van der Waals surface area (Å²) in [6, 6.07) is 7.87. The van der Waals surface area contributed by atoms with Crippen LogP contribution in [-0.4, -0.2) is 18.2 Å². The molecule has 18 heavy (non-hydrogen) atoms. The first-order valence-electron chi connectivity index (χ1n) is 6.32. The van der Waals surface area contributed by atoms with Crippen molar-refractivity contribution < 1.29 is 4.79 Å². The van der Waals surface area contributed by atoms with Gasteiger partial charge in [0.15, 0.2) is 0 Å². The Labute approximate surface area is 114 Å². The average Bonchev–Trinajstić information content (AvgIpc) is 2.32. The van der Waals surface area contributed by atoms with E-state index in [4.69, 9.17) is 5.73 Å². The van der Waals surface area contributed by atoms with E-state index in [2.05, 4.69) is 12.2 Å². The number of anilines is 1. The molecule has 4 heteroatoms. The Morgan fingerprint density at radius 1 is 1.39 bits per heavy atom.